The van der Waals surface area contributed by atoms with Crippen LogP contribution in [0.1, 0.15) is 32.1 Å². The van der Waals surface area contributed by atoms with E-state index < -0.39 is 8.07 Å². The third-order valence-electron chi connectivity index (χ3n) is 5.50. The number of carbonyl (C=O) groups is 1. The molecule has 2 nitrogen and oxygen atoms in total. The molecule has 1 saturated heterocycles. The Hall–Kier alpha value is -0.573. The van der Waals surface area contributed by atoms with Crippen LogP contribution in [0.15, 0.2) is 12.2 Å². The lowest BCUT2D eigenvalue weighted by Gasteiger charge is -2.38. The normalized spacial score (nSPS) is 40.6. The highest BCUT2D eigenvalue weighted by molar-refractivity contribution is 6.82. The van der Waals surface area contributed by atoms with Crippen molar-refractivity contribution in [1.29, 1.82) is 0 Å². The Morgan fingerprint density at radius 1 is 1.22 bits per heavy atom. The Bertz CT molecular complexity index is 403. The standard InChI is InChI=1S/C15H24O2Si/c1-10-12-14(16)17-13(11-8-6-5-7-9-11)15(10,12)18(2,3)4/h11-13H,1,5-9H2,2-4H3/t12-,13-,15+/m0/s1. The van der Waals surface area contributed by atoms with Crippen LogP contribution in [0.25, 0.3) is 0 Å². The van der Waals surface area contributed by atoms with Crippen molar-refractivity contribution in [3.05, 3.63) is 12.2 Å². The van der Waals surface area contributed by atoms with Gasteiger partial charge in [0.2, 0.25) is 0 Å². The molecule has 2 saturated carbocycles. The van der Waals surface area contributed by atoms with Gasteiger partial charge in [0.05, 0.1) is 14.0 Å². The number of fused-ring (bicyclic) bond motifs is 1. The number of hydrogen-bond donors (Lipinski definition) is 0. The van der Waals surface area contributed by atoms with E-state index in [4.69, 9.17) is 4.74 Å². The lowest BCUT2D eigenvalue weighted by atomic mass is 9.83. The van der Waals surface area contributed by atoms with Crippen molar-refractivity contribution < 1.29 is 9.53 Å². The van der Waals surface area contributed by atoms with E-state index in [0.29, 0.717) is 5.92 Å². The second-order valence-electron chi connectivity index (χ2n) is 7.33. The summed E-state index contributed by atoms with van der Waals surface area (Å²) >= 11 is 0. The summed E-state index contributed by atoms with van der Waals surface area (Å²) < 4.78 is 5.80. The van der Waals surface area contributed by atoms with Gasteiger partial charge in [0.15, 0.2) is 0 Å². The third kappa shape index (κ3) is 1.37. The number of esters is 1. The average Bonchev–Trinajstić information content (AvgIpc) is 2.79. The predicted octanol–water partition coefficient (Wildman–Crippen LogP) is 3.76. The molecule has 3 fully saturated rings. The minimum absolute atomic E-state index is 0.0259. The molecule has 1 aliphatic heterocycles. The second kappa shape index (κ2) is 3.72. The summed E-state index contributed by atoms with van der Waals surface area (Å²) in [6.45, 7) is 11.3. The lowest BCUT2D eigenvalue weighted by Crippen LogP contribution is -2.42. The Kier molecular flexibility index (Phi) is 2.57. The van der Waals surface area contributed by atoms with Crippen molar-refractivity contribution in [3.63, 3.8) is 0 Å². The molecular weight excluding hydrogens is 240 g/mol. The summed E-state index contributed by atoms with van der Waals surface area (Å²) in [4.78, 5) is 12.1. The van der Waals surface area contributed by atoms with Crippen molar-refractivity contribution in [2.45, 2.75) is 62.9 Å². The van der Waals surface area contributed by atoms with Crippen molar-refractivity contribution in [1.82, 2.24) is 0 Å². The zero-order chi connectivity index (χ0) is 13.1. The van der Waals surface area contributed by atoms with Crippen LogP contribution in [0.2, 0.25) is 24.7 Å². The van der Waals surface area contributed by atoms with E-state index in [-0.39, 0.29) is 23.0 Å². The summed E-state index contributed by atoms with van der Waals surface area (Å²) in [6.07, 6.45) is 6.60. The molecule has 0 amide bonds. The van der Waals surface area contributed by atoms with Crippen molar-refractivity contribution in [2.24, 2.45) is 11.8 Å². The van der Waals surface area contributed by atoms with Gasteiger partial charge >= 0.3 is 5.97 Å². The van der Waals surface area contributed by atoms with Crippen LogP contribution in [-0.2, 0) is 9.53 Å². The zero-order valence-electron chi connectivity index (χ0n) is 11.8. The Balaban J connectivity index is 1.94. The summed E-state index contributed by atoms with van der Waals surface area (Å²) in [6, 6.07) is 0. The molecule has 1 heterocycles. The first-order valence-electron chi connectivity index (χ1n) is 7.30. The van der Waals surface area contributed by atoms with Crippen LogP contribution in [0, 0.1) is 11.8 Å². The van der Waals surface area contributed by atoms with Gasteiger partial charge in [-0.25, -0.2) is 0 Å². The number of rotatable bonds is 2. The fourth-order valence-corrected chi connectivity index (χ4v) is 7.96. The molecule has 0 N–H and O–H groups in total. The van der Waals surface area contributed by atoms with Crippen LogP contribution in [-0.4, -0.2) is 20.1 Å². The molecular formula is C15H24O2Si. The van der Waals surface area contributed by atoms with E-state index in [1.807, 2.05) is 0 Å². The highest BCUT2D eigenvalue weighted by atomic mass is 28.3. The molecule has 2 aliphatic carbocycles. The summed E-state index contributed by atoms with van der Waals surface area (Å²) in [5.74, 6) is 0.674. The number of ether oxygens (including phenoxy) is 1. The van der Waals surface area contributed by atoms with Crippen molar-refractivity contribution in [3.8, 4) is 0 Å². The minimum Gasteiger partial charge on any atom is -0.461 e. The Morgan fingerprint density at radius 3 is 2.33 bits per heavy atom. The Labute approximate surface area is 111 Å². The lowest BCUT2D eigenvalue weighted by molar-refractivity contribution is -0.146. The molecule has 3 heteroatoms. The average molecular weight is 264 g/mol. The molecule has 0 aromatic heterocycles. The van der Waals surface area contributed by atoms with E-state index in [9.17, 15) is 4.79 Å². The van der Waals surface area contributed by atoms with Crippen LogP contribution in [0.5, 0.6) is 0 Å². The van der Waals surface area contributed by atoms with Crippen LogP contribution in [0.3, 0.4) is 0 Å². The highest BCUT2D eigenvalue weighted by Gasteiger charge is 2.78. The molecule has 3 aliphatic rings. The second-order valence-corrected chi connectivity index (χ2v) is 12.7. The molecule has 0 spiro atoms. The maximum atomic E-state index is 12.1. The molecule has 3 rings (SSSR count). The van der Waals surface area contributed by atoms with E-state index in [1.54, 1.807) is 0 Å². The number of hydrogen-bond acceptors (Lipinski definition) is 2. The molecule has 0 aromatic rings. The summed E-state index contributed by atoms with van der Waals surface area (Å²) in [7, 11) is -1.47. The van der Waals surface area contributed by atoms with Crippen LogP contribution < -0.4 is 0 Å². The number of carbonyl (C=O) groups excluding carboxylic acids is 1. The minimum atomic E-state index is -1.47. The van der Waals surface area contributed by atoms with Gasteiger partial charge in [-0.05, 0) is 18.8 Å². The fourth-order valence-electron chi connectivity index (χ4n) is 4.62. The third-order valence-corrected chi connectivity index (χ3v) is 8.87. The van der Waals surface area contributed by atoms with Gasteiger partial charge < -0.3 is 4.74 Å². The van der Waals surface area contributed by atoms with Gasteiger partial charge in [-0.1, -0.05) is 51.1 Å². The van der Waals surface area contributed by atoms with E-state index >= 15 is 0 Å². The highest BCUT2D eigenvalue weighted by Crippen LogP contribution is 2.77. The largest absolute Gasteiger partial charge is 0.461 e. The molecule has 0 bridgehead atoms. The van der Waals surface area contributed by atoms with E-state index in [1.165, 1.54) is 37.7 Å². The number of cyclic esters (lactones) is 1. The summed E-state index contributed by atoms with van der Waals surface area (Å²) in [5, 5.41) is 0.0755. The van der Waals surface area contributed by atoms with Gasteiger partial charge in [0.1, 0.15) is 6.10 Å². The predicted molar refractivity (Wildman–Crippen MR) is 75.1 cm³/mol. The van der Waals surface area contributed by atoms with Gasteiger partial charge in [0.25, 0.3) is 0 Å². The zero-order valence-corrected chi connectivity index (χ0v) is 12.8. The molecule has 0 unspecified atom stereocenters. The maximum absolute atomic E-state index is 12.1. The van der Waals surface area contributed by atoms with Crippen molar-refractivity contribution in [2.75, 3.05) is 0 Å². The van der Waals surface area contributed by atoms with Gasteiger partial charge in [-0.15, -0.1) is 0 Å². The first kappa shape index (κ1) is 12.5. The quantitative estimate of drug-likeness (QED) is 0.431. The smallest absolute Gasteiger partial charge is 0.314 e. The monoisotopic (exact) mass is 264 g/mol. The Morgan fingerprint density at radius 2 is 1.83 bits per heavy atom. The van der Waals surface area contributed by atoms with Crippen LogP contribution >= 0.6 is 0 Å². The SMILES string of the molecule is C=C1[C@H]2C(=O)O[C@@H](C3CCCCC3)[C@@]12[Si](C)(C)C. The van der Waals surface area contributed by atoms with Crippen LogP contribution in [0.4, 0.5) is 0 Å². The van der Waals surface area contributed by atoms with E-state index in [2.05, 4.69) is 26.2 Å². The van der Waals surface area contributed by atoms with E-state index in [0.717, 1.165) is 0 Å². The maximum Gasteiger partial charge on any atom is 0.314 e. The van der Waals surface area contributed by atoms with Crippen molar-refractivity contribution >= 4 is 14.0 Å². The van der Waals surface area contributed by atoms with Gasteiger partial charge in [-0.2, -0.15) is 0 Å². The first-order valence-corrected chi connectivity index (χ1v) is 10.8. The molecule has 100 valence electrons. The van der Waals surface area contributed by atoms with Gasteiger partial charge in [-0.3, -0.25) is 4.79 Å². The molecule has 0 aromatic carbocycles. The first-order chi connectivity index (χ1) is 8.40. The fraction of sp³-hybridized carbons (Fsp3) is 0.800. The molecule has 0 radical (unpaired) electrons. The summed E-state index contributed by atoms with van der Waals surface area (Å²) in [5.41, 5.74) is 1.20. The molecule has 3 atom stereocenters. The topological polar surface area (TPSA) is 26.3 Å². The van der Waals surface area contributed by atoms with Gasteiger partial charge in [0, 0.05) is 5.04 Å². The molecule has 18 heavy (non-hydrogen) atoms.